The number of hydrogen-bond donors (Lipinski definition) is 3. The minimum atomic E-state index is -1.00. The lowest BCUT2D eigenvalue weighted by atomic mass is 10.1. The van der Waals surface area contributed by atoms with Gasteiger partial charge in [-0.25, -0.2) is 4.79 Å². The molecule has 0 unspecified atom stereocenters. The summed E-state index contributed by atoms with van der Waals surface area (Å²) in [5.74, 6) is -0.501. The second-order valence-electron chi connectivity index (χ2n) is 4.63. The smallest absolute Gasteiger partial charge is 0.341 e. The number of carboxylic acids is 1. The highest BCUT2D eigenvalue weighted by Crippen LogP contribution is 2.12. The van der Waals surface area contributed by atoms with Gasteiger partial charge in [0.1, 0.15) is 5.75 Å². The van der Waals surface area contributed by atoms with Gasteiger partial charge in [-0.3, -0.25) is 5.43 Å². The van der Waals surface area contributed by atoms with Crippen molar-refractivity contribution in [3.8, 4) is 5.75 Å². The highest BCUT2D eigenvalue weighted by atomic mass is 32.1. The third-order valence-corrected chi connectivity index (χ3v) is 3.01. The molecule has 7 heteroatoms. The molecule has 6 nitrogen and oxygen atoms in total. The molecule has 0 aliphatic rings. The van der Waals surface area contributed by atoms with Gasteiger partial charge in [0.2, 0.25) is 0 Å². The molecule has 0 bridgehead atoms. The van der Waals surface area contributed by atoms with Crippen LogP contribution in [0.25, 0.3) is 0 Å². The van der Waals surface area contributed by atoms with Crippen LogP contribution in [0.3, 0.4) is 0 Å². The first kappa shape index (κ1) is 17.9. The van der Waals surface area contributed by atoms with Gasteiger partial charge in [0.25, 0.3) is 0 Å². The lowest BCUT2D eigenvalue weighted by Gasteiger charge is -2.08. The second kappa shape index (κ2) is 9.73. The highest BCUT2D eigenvalue weighted by Gasteiger charge is 2.02. The number of hydrogen-bond acceptors (Lipinski definition) is 4. The largest absolute Gasteiger partial charge is 0.482 e. The maximum absolute atomic E-state index is 10.4. The van der Waals surface area contributed by atoms with E-state index < -0.39 is 5.97 Å². The molecule has 1 aromatic carbocycles. The maximum atomic E-state index is 10.4. The van der Waals surface area contributed by atoms with E-state index in [0.717, 1.165) is 30.7 Å². The van der Waals surface area contributed by atoms with E-state index >= 15 is 0 Å². The molecule has 0 amide bonds. The van der Waals surface area contributed by atoms with E-state index in [-0.39, 0.29) is 6.61 Å². The molecular weight excluding hydrogens is 302 g/mol. The first-order chi connectivity index (χ1) is 10.5. The molecule has 1 rings (SSSR count). The standard InChI is InChI=1S/C15H21N3O3S/c1-3-4-9-16-15(22)18-17-11(2)12-5-7-13(8-6-12)21-10-14(19)20/h5-8H,3-4,9-10H2,1-2H3,(H,19,20)(H2,16,18,22)/b17-11-. The summed E-state index contributed by atoms with van der Waals surface area (Å²) in [6, 6.07) is 7.03. The van der Waals surface area contributed by atoms with Crippen molar-refractivity contribution in [1.29, 1.82) is 0 Å². The SMILES string of the molecule is CCCCNC(=S)N/N=C(/C)c1ccc(OCC(=O)O)cc1. The van der Waals surface area contributed by atoms with Crippen molar-refractivity contribution in [1.82, 2.24) is 10.7 Å². The van der Waals surface area contributed by atoms with E-state index in [0.29, 0.717) is 10.9 Å². The fourth-order valence-electron chi connectivity index (χ4n) is 1.55. The predicted molar refractivity (Wildman–Crippen MR) is 90.4 cm³/mol. The molecule has 0 aromatic heterocycles. The molecular formula is C15H21N3O3S. The van der Waals surface area contributed by atoms with Crippen molar-refractivity contribution >= 4 is 29.0 Å². The number of carboxylic acid groups (broad SMARTS) is 1. The van der Waals surface area contributed by atoms with Gasteiger partial charge < -0.3 is 15.2 Å². The van der Waals surface area contributed by atoms with Gasteiger partial charge in [-0.1, -0.05) is 13.3 Å². The second-order valence-corrected chi connectivity index (χ2v) is 5.03. The van der Waals surface area contributed by atoms with Crippen molar-refractivity contribution in [2.75, 3.05) is 13.2 Å². The Morgan fingerprint density at radius 1 is 1.36 bits per heavy atom. The molecule has 0 saturated carbocycles. The van der Waals surface area contributed by atoms with E-state index in [2.05, 4.69) is 22.8 Å². The zero-order chi connectivity index (χ0) is 16.4. The van der Waals surface area contributed by atoms with Crippen LogP contribution in [0, 0.1) is 0 Å². The monoisotopic (exact) mass is 323 g/mol. The van der Waals surface area contributed by atoms with E-state index in [1.54, 1.807) is 12.1 Å². The molecule has 0 radical (unpaired) electrons. The Morgan fingerprint density at radius 3 is 2.64 bits per heavy atom. The Bertz CT molecular complexity index is 529. The topological polar surface area (TPSA) is 83.0 Å². The number of carbonyl (C=O) groups is 1. The molecule has 120 valence electrons. The summed E-state index contributed by atoms with van der Waals surface area (Å²) in [6.07, 6.45) is 2.16. The zero-order valence-electron chi connectivity index (χ0n) is 12.8. The van der Waals surface area contributed by atoms with Crippen LogP contribution in [0.4, 0.5) is 0 Å². The molecule has 1 aromatic rings. The lowest BCUT2D eigenvalue weighted by molar-refractivity contribution is -0.139. The summed E-state index contributed by atoms with van der Waals surface area (Å²) in [6.45, 7) is 4.44. The van der Waals surface area contributed by atoms with Crippen molar-refractivity contribution in [3.63, 3.8) is 0 Å². The van der Waals surface area contributed by atoms with Gasteiger partial charge in [-0.15, -0.1) is 0 Å². The van der Waals surface area contributed by atoms with Crippen LogP contribution in [0.2, 0.25) is 0 Å². The van der Waals surface area contributed by atoms with Crippen LogP contribution in [0.5, 0.6) is 5.75 Å². The van der Waals surface area contributed by atoms with E-state index in [9.17, 15) is 4.79 Å². The van der Waals surface area contributed by atoms with Gasteiger partial charge in [0, 0.05) is 6.54 Å². The van der Waals surface area contributed by atoms with Crippen LogP contribution >= 0.6 is 12.2 Å². The third-order valence-electron chi connectivity index (χ3n) is 2.78. The summed E-state index contributed by atoms with van der Waals surface area (Å²) < 4.78 is 5.07. The molecule has 0 fully saturated rings. The van der Waals surface area contributed by atoms with E-state index in [1.165, 1.54) is 0 Å². The first-order valence-corrected chi connectivity index (χ1v) is 7.47. The Morgan fingerprint density at radius 2 is 2.05 bits per heavy atom. The van der Waals surface area contributed by atoms with Crippen molar-refractivity contribution in [2.24, 2.45) is 5.10 Å². The summed E-state index contributed by atoms with van der Waals surface area (Å²) in [4.78, 5) is 10.4. The Hall–Kier alpha value is -2.15. The molecule has 0 heterocycles. The first-order valence-electron chi connectivity index (χ1n) is 7.06. The molecule has 22 heavy (non-hydrogen) atoms. The minimum Gasteiger partial charge on any atom is -0.482 e. The Balaban J connectivity index is 2.50. The van der Waals surface area contributed by atoms with Crippen LogP contribution in [0.15, 0.2) is 29.4 Å². The number of rotatable bonds is 8. The molecule has 0 spiro atoms. The van der Waals surface area contributed by atoms with Gasteiger partial charge in [0.15, 0.2) is 11.7 Å². The average Bonchev–Trinajstić information content (AvgIpc) is 2.51. The summed E-state index contributed by atoms with van der Waals surface area (Å²) in [7, 11) is 0. The lowest BCUT2D eigenvalue weighted by Crippen LogP contribution is -2.33. The van der Waals surface area contributed by atoms with Gasteiger partial charge >= 0.3 is 5.97 Å². The van der Waals surface area contributed by atoms with E-state index in [1.807, 2.05) is 19.1 Å². The zero-order valence-corrected chi connectivity index (χ0v) is 13.6. The van der Waals surface area contributed by atoms with Gasteiger partial charge in [-0.05, 0) is 55.4 Å². The fourth-order valence-corrected chi connectivity index (χ4v) is 1.70. The number of nitrogens with one attached hydrogen (secondary N) is 2. The van der Waals surface area contributed by atoms with Crippen LogP contribution in [0.1, 0.15) is 32.3 Å². The number of thiocarbonyl (C=S) groups is 1. The van der Waals surface area contributed by atoms with Gasteiger partial charge in [-0.2, -0.15) is 5.10 Å². The predicted octanol–water partition coefficient (Wildman–Crippen LogP) is 2.14. The Kier molecular flexibility index (Phi) is 7.91. The number of unbranched alkanes of at least 4 members (excludes halogenated alkanes) is 1. The summed E-state index contributed by atoms with van der Waals surface area (Å²) >= 11 is 5.11. The quantitative estimate of drug-likeness (QED) is 0.294. The summed E-state index contributed by atoms with van der Waals surface area (Å²) in [5.41, 5.74) is 4.46. The van der Waals surface area contributed by atoms with Crippen LogP contribution in [-0.2, 0) is 4.79 Å². The minimum absolute atomic E-state index is 0.355. The summed E-state index contributed by atoms with van der Waals surface area (Å²) in [5, 5.41) is 16.3. The third kappa shape index (κ3) is 7.03. The van der Waals surface area contributed by atoms with Crippen LogP contribution in [-0.4, -0.2) is 35.1 Å². The fraction of sp³-hybridized carbons (Fsp3) is 0.400. The van der Waals surface area contributed by atoms with Crippen molar-refractivity contribution in [2.45, 2.75) is 26.7 Å². The van der Waals surface area contributed by atoms with Gasteiger partial charge in [0.05, 0.1) is 5.71 Å². The molecule has 0 aliphatic carbocycles. The molecule has 0 saturated heterocycles. The number of hydrazone groups is 1. The number of nitrogens with zero attached hydrogens (tertiary/aromatic N) is 1. The van der Waals surface area contributed by atoms with Crippen molar-refractivity contribution in [3.05, 3.63) is 29.8 Å². The number of aliphatic carboxylic acids is 1. The van der Waals surface area contributed by atoms with Crippen LogP contribution < -0.4 is 15.5 Å². The number of ether oxygens (including phenoxy) is 1. The normalized spacial score (nSPS) is 10.9. The Labute approximate surface area is 135 Å². The molecule has 3 N–H and O–H groups in total. The maximum Gasteiger partial charge on any atom is 0.341 e. The molecule has 0 aliphatic heterocycles. The van der Waals surface area contributed by atoms with E-state index in [4.69, 9.17) is 22.1 Å². The van der Waals surface area contributed by atoms with Crippen molar-refractivity contribution < 1.29 is 14.6 Å². The highest BCUT2D eigenvalue weighted by molar-refractivity contribution is 7.80. The molecule has 0 atom stereocenters. The number of benzene rings is 1. The average molecular weight is 323 g/mol.